The van der Waals surface area contributed by atoms with Gasteiger partial charge in [0.1, 0.15) is 11.4 Å². The first-order chi connectivity index (χ1) is 10.3. The number of ether oxygens (including phenoxy) is 1. The molecule has 0 bridgehead atoms. The fourth-order valence-electron chi connectivity index (χ4n) is 2.15. The third-order valence-electron chi connectivity index (χ3n) is 3.74. The number of aliphatic hydroxyl groups excluding tert-OH is 1. The molecule has 22 heavy (non-hydrogen) atoms. The van der Waals surface area contributed by atoms with Crippen molar-refractivity contribution >= 4 is 6.03 Å². The summed E-state index contributed by atoms with van der Waals surface area (Å²) >= 11 is 0. The van der Waals surface area contributed by atoms with Gasteiger partial charge in [-0.25, -0.2) is 4.79 Å². The average molecular weight is 306 g/mol. The van der Waals surface area contributed by atoms with Crippen molar-refractivity contribution in [3.05, 3.63) is 29.8 Å². The van der Waals surface area contributed by atoms with Crippen LogP contribution in [0.15, 0.2) is 24.3 Å². The molecule has 1 saturated carbocycles. The summed E-state index contributed by atoms with van der Waals surface area (Å²) in [4.78, 5) is 11.9. The quantitative estimate of drug-likeness (QED) is 0.756. The van der Waals surface area contributed by atoms with Crippen LogP contribution in [0, 0.1) is 5.41 Å². The Morgan fingerprint density at radius 1 is 1.27 bits per heavy atom. The Morgan fingerprint density at radius 2 is 1.95 bits per heavy atom. The number of hydrogen-bond donors (Lipinski definition) is 3. The second-order valence-corrected chi connectivity index (χ2v) is 7.02. The molecule has 0 atom stereocenters. The molecule has 3 N–H and O–H groups in total. The van der Waals surface area contributed by atoms with Crippen molar-refractivity contribution in [3.63, 3.8) is 0 Å². The number of amides is 2. The summed E-state index contributed by atoms with van der Waals surface area (Å²) in [6, 6.07) is 7.48. The molecule has 122 valence electrons. The van der Waals surface area contributed by atoms with Crippen molar-refractivity contribution in [2.75, 3.05) is 13.2 Å². The molecule has 5 heteroatoms. The Kier molecular flexibility index (Phi) is 4.96. The minimum absolute atomic E-state index is 0.0788. The molecule has 0 aromatic heterocycles. The lowest BCUT2D eigenvalue weighted by Crippen LogP contribution is -2.39. The van der Waals surface area contributed by atoms with Crippen LogP contribution in [0.25, 0.3) is 0 Å². The second kappa shape index (κ2) is 6.57. The van der Waals surface area contributed by atoms with E-state index in [2.05, 4.69) is 10.6 Å². The van der Waals surface area contributed by atoms with Crippen molar-refractivity contribution in [2.45, 2.75) is 45.8 Å². The number of carbonyl (C=O) groups excluding carboxylic acids is 1. The summed E-state index contributed by atoms with van der Waals surface area (Å²) in [6.45, 7) is 7.05. The Bertz CT molecular complexity index is 519. The minimum atomic E-state index is -0.280. The van der Waals surface area contributed by atoms with Crippen LogP contribution in [0.2, 0.25) is 0 Å². The van der Waals surface area contributed by atoms with E-state index in [0.29, 0.717) is 13.1 Å². The maximum atomic E-state index is 11.9. The Balaban J connectivity index is 1.84. The van der Waals surface area contributed by atoms with E-state index in [4.69, 9.17) is 4.74 Å². The maximum Gasteiger partial charge on any atom is 0.315 e. The van der Waals surface area contributed by atoms with Crippen molar-refractivity contribution in [1.82, 2.24) is 10.6 Å². The van der Waals surface area contributed by atoms with Crippen LogP contribution >= 0.6 is 0 Å². The number of para-hydroxylation sites is 1. The number of nitrogens with one attached hydrogen (secondary N) is 2. The number of benzene rings is 1. The van der Waals surface area contributed by atoms with E-state index in [0.717, 1.165) is 24.2 Å². The zero-order chi connectivity index (χ0) is 16.2. The Labute approximate surface area is 132 Å². The summed E-state index contributed by atoms with van der Waals surface area (Å²) in [5.74, 6) is 0.782. The predicted molar refractivity (Wildman–Crippen MR) is 85.8 cm³/mol. The van der Waals surface area contributed by atoms with Crippen LogP contribution in [-0.2, 0) is 6.54 Å². The largest absolute Gasteiger partial charge is 0.488 e. The molecular weight excluding hydrogens is 280 g/mol. The zero-order valence-corrected chi connectivity index (χ0v) is 13.6. The molecule has 1 aliphatic carbocycles. The highest BCUT2D eigenvalue weighted by molar-refractivity contribution is 5.74. The third kappa shape index (κ3) is 4.91. The van der Waals surface area contributed by atoms with Gasteiger partial charge in [0.15, 0.2) is 0 Å². The summed E-state index contributed by atoms with van der Waals surface area (Å²) in [7, 11) is 0. The summed E-state index contributed by atoms with van der Waals surface area (Å²) < 4.78 is 5.90. The highest BCUT2D eigenvalue weighted by Crippen LogP contribution is 2.44. The molecule has 0 spiro atoms. The maximum absolute atomic E-state index is 11.9. The van der Waals surface area contributed by atoms with E-state index < -0.39 is 0 Å². The van der Waals surface area contributed by atoms with E-state index in [1.807, 2.05) is 45.0 Å². The lowest BCUT2D eigenvalue weighted by Gasteiger charge is -2.23. The van der Waals surface area contributed by atoms with Gasteiger partial charge in [-0.2, -0.15) is 0 Å². The first-order valence-corrected chi connectivity index (χ1v) is 7.73. The SMILES string of the molecule is CC(C)(C)Oc1ccccc1CNC(=O)NCC1(CO)CC1. The van der Waals surface area contributed by atoms with Crippen LogP contribution in [0.5, 0.6) is 5.75 Å². The van der Waals surface area contributed by atoms with Gasteiger partial charge in [-0.15, -0.1) is 0 Å². The first kappa shape index (κ1) is 16.6. The van der Waals surface area contributed by atoms with E-state index in [1.165, 1.54) is 0 Å². The van der Waals surface area contributed by atoms with Crippen molar-refractivity contribution < 1.29 is 14.6 Å². The normalized spacial score (nSPS) is 16.0. The highest BCUT2D eigenvalue weighted by Gasteiger charge is 2.42. The predicted octanol–water partition coefficient (Wildman–Crippen LogP) is 2.44. The minimum Gasteiger partial charge on any atom is -0.488 e. The summed E-state index contributed by atoms with van der Waals surface area (Å²) in [6.07, 6.45) is 1.96. The molecule has 0 unspecified atom stereocenters. The molecule has 0 aliphatic heterocycles. The van der Waals surface area contributed by atoms with Crippen molar-refractivity contribution in [3.8, 4) is 5.75 Å². The molecular formula is C17H26N2O3. The van der Waals surface area contributed by atoms with Crippen molar-refractivity contribution in [1.29, 1.82) is 0 Å². The number of rotatable bonds is 6. The van der Waals surface area contributed by atoms with Crippen LogP contribution in [0.3, 0.4) is 0 Å². The van der Waals surface area contributed by atoms with Gasteiger partial charge in [-0.3, -0.25) is 0 Å². The van der Waals surface area contributed by atoms with Crippen molar-refractivity contribution in [2.24, 2.45) is 5.41 Å². The van der Waals surface area contributed by atoms with E-state index in [1.54, 1.807) is 0 Å². The lowest BCUT2D eigenvalue weighted by atomic mass is 10.1. The van der Waals surface area contributed by atoms with E-state index in [-0.39, 0.29) is 23.7 Å². The lowest BCUT2D eigenvalue weighted by molar-refractivity contribution is 0.129. The molecule has 2 rings (SSSR count). The van der Waals surface area contributed by atoms with Gasteiger partial charge in [0.05, 0.1) is 6.61 Å². The number of hydrogen-bond acceptors (Lipinski definition) is 3. The molecule has 1 aliphatic rings. The van der Waals surface area contributed by atoms with Gasteiger partial charge in [0.2, 0.25) is 0 Å². The van der Waals surface area contributed by atoms with Crippen LogP contribution in [0.1, 0.15) is 39.2 Å². The van der Waals surface area contributed by atoms with E-state index >= 15 is 0 Å². The molecule has 1 aromatic carbocycles. The van der Waals surface area contributed by atoms with Gasteiger partial charge in [-0.05, 0) is 39.7 Å². The summed E-state index contributed by atoms with van der Waals surface area (Å²) in [5, 5.41) is 14.9. The van der Waals surface area contributed by atoms with Crippen LogP contribution in [0.4, 0.5) is 4.79 Å². The standard InChI is InChI=1S/C17H26N2O3/c1-16(2,3)22-14-7-5-4-6-13(14)10-18-15(21)19-11-17(12-20)8-9-17/h4-7,20H,8-12H2,1-3H3,(H2,18,19,21). The molecule has 5 nitrogen and oxygen atoms in total. The van der Waals surface area contributed by atoms with Gasteiger partial charge in [0, 0.05) is 24.1 Å². The molecule has 0 saturated heterocycles. The topological polar surface area (TPSA) is 70.6 Å². The fraction of sp³-hybridized carbons (Fsp3) is 0.588. The zero-order valence-electron chi connectivity index (χ0n) is 13.6. The highest BCUT2D eigenvalue weighted by atomic mass is 16.5. The van der Waals surface area contributed by atoms with Gasteiger partial charge < -0.3 is 20.5 Å². The molecule has 0 heterocycles. The molecule has 1 fully saturated rings. The third-order valence-corrected chi connectivity index (χ3v) is 3.74. The smallest absolute Gasteiger partial charge is 0.315 e. The number of urea groups is 1. The molecule has 2 amide bonds. The monoisotopic (exact) mass is 306 g/mol. The van der Waals surface area contributed by atoms with Gasteiger partial charge >= 0.3 is 6.03 Å². The fourth-order valence-corrected chi connectivity index (χ4v) is 2.15. The van der Waals surface area contributed by atoms with Crippen LogP contribution in [-0.4, -0.2) is 29.9 Å². The average Bonchev–Trinajstić information content (AvgIpc) is 3.23. The first-order valence-electron chi connectivity index (χ1n) is 7.73. The van der Waals surface area contributed by atoms with Gasteiger partial charge in [0.25, 0.3) is 0 Å². The molecule has 1 aromatic rings. The van der Waals surface area contributed by atoms with Crippen LogP contribution < -0.4 is 15.4 Å². The second-order valence-electron chi connectivity index (χ2n) is 7.02. The Morgan fingerprint density at radius 3 is 2.55 bits per heavy atom. The van der Waals surface area contributed by atoms with E-state index in [9.17, 15) is 9.90 Å². The number of aliphatic hydroxyl groups is 1. The summed E-state index contributed by atoms with van der Waals surface area (Å²) in [5.41, 5.74) is 0.582. The molecule has 0 radical (unpaired) electrons. The Hall–Kier alpha value is -1.75. The number of carbonyl (C=O) groups is 1. The van der Waals surface area contributed by atoms with Gasteiger partial charge in [-0.1, -0.05) is 18.2 Å².